The Morgan fingerprint density at radius 1 is 0.267 bits per heavy atom. The van der Waals surface area contributed by atoms with E-state index < -0.39 is 0 Å². The van der Waals surface area contributed by atoms with E-state index in [0.717, 1.165) is 122 Å². The zero-order chi connectivity index (χ0) is 49.2. The minimum Gasteiger partial charge on any atom is -0.305 e. The van der Waals surface area contributed by atoms with E-state index in [2.05, 4.69) is 240 Å². The molecule has 352 valence electrons. The molecule has 0 saturated carbocycles. The summed E-state index contributed by atoms with van der Waals surface area (Å²) in [6.07, 6.45) is 5.57. The molecule has 13 rings (SSSR count). The van der Waals surface area contributed by atoms with E-state index in [9.17, 15) is 0 Å². The Hall–Kier alpha value is -9.18. The van der Waals surface area contributed by atoms with Crippen molar-refractivity contribution in [3.8, 4) is 112 Å². The molecule has 0 atom stereocenters. The summed E-state index contributed by atoms with van der Waals surface area (Å²) in [5.74, 6) is 0. The normalized spacial score (nSPS) is 11.1. The number of hydrogen-bond acceptors (Lipinski definition) is 3. The van der Waals surface area contributed by atoms with Crippen molar-refractivity contribution in [2.75, 3.05) is 0 Å². The van der Waals surface area contributed by atoms with E-state index in [4.69, 9.17) is 4.98 Å². The van der Waals surface area contributed by atoms with Gasteiger partial charge in [-0.25, -0.2) is 0 Å². The van der Waals surface area contributed by atoms with Crippen LogP contribution in [0.25, 0.3) is 133 Å². The Morgan fingerprint density at radius 3 is 1.20 bits per heavy atom. The van der Waals surface area contributed by atoms with Crippen LogP contribution >= 0.6 is 0 Å². The van der Waals surface area contributed by atoms with E-state index in [1.54, 1.807) is 0 Å². The third kappa shape index (κ3) is 9.30. The first-order chi connectivity index (χ1) is 36.7. The maximum atomic E-state index is 4.96. The summed E-state index contributed by atoms with van der Waals surface area (Å²) in [5.41, 5.74) is 22.7. The number of benzene rings is 10. The van der Waals surface area contributed by atoms with E-state index in [1.165, 1.54) is 11.1 Å². The number of nitrogens with zero attached hydrogens (tertiary/aromatic N) is 3. The molecule has 3 nitrogen and oxygen atoms in total. The van der Waals surface area contributed by atoms with E-state index in [0.29, 0.717) is 0 Å². The van der Waals surface area contributed by atoms with Crippen molar-refractivity contribution in [1.29, 1.82) is 0 Å². The second-order valence-electron chi connectivity index (χ2n) is 18.5. The van der Waals surface area contributed by atoms with Gasteiger partial charge in [-0.15, -0.1) is 88.6 Å². The van der Waals surface area contributed by atoms with Gasteiger partial charge in [-0.1, -0.05) is 197 Å². The molecule has 0 fully saturated rings. The number of aromatic nitrogens is 3. The molecule has 0 radical (unpaired) electrons. The smallest absolute Gasteiger partial charge is 0.305 e. The summed E-state index contributed by atoms with van der Waals surface area (Å²) in [6.45, 7) is 0. The molecule has 75 heavy (non-hydrogen) atoms. The van der Waals surface area contributed by atoms with Gasteiger partial charge in [0.25, 0.3) is 0 Å². The Kier molecular flexibility index (Phi) is 13.0. The second-order valence-corrected chi connectivity index (χ2v) is 18.5. The van der Waals surface area contributed by atoms with E-state index in [1.807, 2.05) is 55.0 Å². The molecule has 0 spiro atoms. The summed E-state index contributed by atoms with van der Waals surface area (Å²) >= 11 is 0. The molecule has 0 N–H and O–H groups in total. The van der Waals surface area contributed by atoms with Gasteiger partial charge >= 0.3 is 20.1 Å². The van der Waals surface area contributed by atoms with Crippen LogP contribution in [0, 0.1) is 18.2 Å². The largest absolute Gasteiger partial charge is 3.00 e. The molecule has 4 heteroatoms. The fraction of sp³-hybridized carbons (Fsp3) is 0. The zero-order valence-electron chi connectivity index (χ0n) is 40.6. The first-order valence-corrected chi connectivity index (χ1v) is 24.9. The van der Waals surface area contributed by atoms with Crippen LogP contribution in [0.15, 0.2) is 267 Å². The summed E-state index contributed by atoms with van der Waals surface area (Å²) in [4.78, 5) is 14.1. The van der Waals surface area contributed by atoms with Crippen molar-refractivity contribution in [1.82, 2.24) is 15.0 Å². The molecular weight excluding hydrogens is 1090 g/mol. The van der Waals surface area contributed by atoms with Gasteiger partial charge in [0, 0.05) is 18.6 Å². The van der Waals surface area contributed by atoms with Crippen molar-refractivity contribution >= 4 is 21.7 Å². The third-order valence-corrected chi connectivity index (χ3v) is 14.0. The molecule has 0 aliphatic heterocycles. The fourth-order valence-electron chi connectivity index (χ4n) is 10.3. The standard InChI is InChI=1S/C71H44N3.Ir/c1-2-14-48(15-3-1)49-24-26-52(27-25-49)66-40-43-74-71-67-38-36-55(44-56(67)37-39-68(66)71)62-18-6-9-21-65(62)59-46-57(63-19-7-4-16-60(63)50-28-32-53(33-29-50)69-22-10-12-41-72-69)45-58(47-59)64-20-8-5-17-61(64)51-30-34-54(35-31-51)70-23-11-13-42-73-70;/h1-32,34,36-37,39-47H;/q-3;+3. The predicted molar refractivity (Wildman–Crippen MR) is 306 cm³/mol. The SMILES string of the molecule is [Ir+3].[c-]1cc(-c2ccccc2-c2cc(-c3ccccc3-c3c[c-]c(-c4ccccn4)cc3)cc(-c3ccccc3-c3c[c-]c4c(ccc5c(-c6ccc(-c7ccccc7)cc6)ccnc54)c3)c2)ccc1-c1ccccn1. The maximum absolute atomic E-state index is 4.96. The average molecular weight is 1130 g/mol. The molecular formula is C71H44IrN3. The molecule has 0 unspecified atom stereocenters. The molecule has 0 bridgehead atoms. The molecule has 13 aromatic rings. The topological polar surface area (TPSA) is 38.7 Å². The Labute approximate surface area is 451 Å². The van der Waals surface area contributed by atoms with E-state index >= 15 is 0 Å². The molecule has 0 aliphatic carbocycles. The summed E-state index contributed by atoms with van der Waals surface area (Å²) < 4.78 is 0. The van der Waals surface area contributed by atoms with E-state index in [-0.39, 0.29) is 20.1 Å². The number of fused-ring (bicyclic) bond motifs is 3. The van der Waals surface area contributed by atoms with Crippen molar-refractivity contribution in [2.24, 2.45) is 0 Å². The minimum atomic E-state index is 0. The van der Waals surface area contributed by atoms with Crippen molar-refractivity contribution < 1.29 is 20.1 Å². The molecule has 3 heterocycles. The molecule has 0 amide bonds. The van der Waals surface area contributed by atoms with Gasteiger partial charge in [-0.2, -0.15) is 0 Å². The van der Waals surface area contributed by atoms with Crippen molar-refractivity contribution in [3.05, 3.63) is 286 Å². The van der Waals surface area contributed by atoms with Gasteiger partial charge in [0.15, 0.2) is 0 Å². The Balaban J connectivity index is 0.00000569. The molecule has 0 aliphatic rings. The Bertz CT molecular complexity index is 3990. The number of pyridine rings is 3. The first kappa shape index (κ1) is 46.9. The van der Waals surface area contributed by atoms with Crippen LogP contribution < -0.4 is 0 Å². The zero-order valence-corrected chi connectivity index (χ0v) is 43.0. The van der Waals surface area contributed by atoms with Crippen LogP contribution in [0.1, 0.15) is 0 Å². The molecule has 0 saturated heterocycles. The van der Waals surface area contributed by atoms with Crippen LogP contribution in [-0.4, -0.2) is 15.0 Å². The summed E-state index contributed by atoms with van der Waals surface area (Å²) in [7, 11) is 0. The second kappa shape index (κ2) is 20.7. The summed E-state index contributed by atoms with van der Waals surface area (Å²) in [5, 5.41) is 3.19. The van der Waals surface area contributed by atoms with Gasteiger partial charge in [0.2, 0.25) is 0 Å². The van der Waals surface area contributed by atoms with Crippen LogP contribution in [0.4, 0.5) is 0 Å². The number of rotatable bonds is 10. The molecule has 10 aromatic carbocycles. The van der Waals surface area contributed by atoms with Gasteiger partial charge in [-0.05, 0) is 114 Å². The predicted octanol–water partition coefficient (Wildman–Crippen LogP) is 18.2. The molecule has 3 aromatic heterocycles. The van der Waals surface area contributed by atoms with Crippen molar-refractivity contribution in [2.45, 2.75) is 0 Å². The third-order valence-electron chi connectivity index (χ3n) is 14.0. The van der Waals surface area contributed by atoms with Gasteiger partial charge < -0.3 is 15.0 Å². The van der Waals surface area contributed by atoms with Crippen molar-refractivity contribution in [3.63, 3.8) is 0 Å². The first-order valence-electron chi connectivity index (χ1n) is 24.9. The van der Waals surface area contributed by atoms with Crippen LogP contribution in [0.2, 0.25) is 0 Å². The fourth-order valence-corrected chi connectivity index (χ4v) is 10.3. The van der Waals surface area contributed by atoms with Gasteiger partial charge in [-0.3, -0.25) is 0 Å². The monoisotopic (exact) mass is 1130 g/mol. The average Bonchev–Trinajstić information content (AvgIpc) is 3.50. The Morgan fingerprint density at radius 2 is 0.707 bits per heavy atom. The quantitative estimate of drug-likeness (QED) is 0.101. The maximum Gasteiger partial charge on any atom is 3.00 e. The van der Waals surface area contributed by atoms with Crippen LogP contribution in [0.5, 0.6) is 0 Å². The van der Waals surface area contributed by atoms with Crippen LogP contribution in [-0.2, 0) is 20.1 Å². The summed E-state index contributed by atoms with van der Waals surface area (Å²) in [6, 6.07) is 99.0. The van der Waals surface area contributed by atoms with Gasteiger partial charge in [0.05, 0.1) is 0 Å². The van der Waals surface area contributed by atoms with Gasteiger partial charge in [0.1, 0.15) is 0 Å². The van der Waals surface area contributed by atoms with Crippen LogP contribution in [0.3, 0.4) is 0 Å². The number of hydrogen-bond donors (Lipinski definition) is 0. The minimum absolute atomic E-state index is 0.